The van der Waals surface area contributed by atoms with Crippen LogP contribution in [0.4, 0.5) is 4.79 Å². The highest BCUT2D eigenvalue weighted by Crippen LogP contribution is 2.18. The number of hydrogen-bond acceptors (Lipinski definition) is 3. The Hall–Kier alpha value is -0.593. The van der Waals surface area contributed by atoms with E-state index in [1.807, 2.05) is 13.5 Å². The van der Waals surface area contributed by atoms with Crippen LogP contribution < -0.4 is 0 Å². The molecule has 0 heterocycles. The highest BCUT2D eigenvalue weighted by atomic mass is 28.4. The standard InChI is InChI=1S/C8H19NO4Si/c1-6-7(9(2)8(10)11)14(5,12-3)13-4/h7H,6H2,1-5H3,(H,10,11). The molecule has 14 heavy (non-hydrogen) atoms. The first kappa shape index (κ1) is 13.4. The van der Waals surface area contributed by atoms with Gasteiger partial charge in [0.15, 0.2) is 0 Å². The normalized spacial score (nSPS) is 13.8. The molecule has 0 aromatic rings. The van der Waals surface area contributed by atoms with Gasteiger partial charge in [0.25, 0.3) is 0 Å². The summed E-state index contributed by atoms with van der Waals surface area (Å²) in [6.45, 7) is 3.79. The van der Waals surface area contributed by atoms with E-state index in [2.05, 4.69) is 0 Å². The Balaban J connectivity index is 4.76. The van der Waals surface area contributed by atoms with Crippen LogP contribution in [0.2, 0.25) is 6.55 Å². The van der Waals surface area contributed by atoms with Crippen molar-refractivity contribution in [3.8, 4) is 0 Å². The Morgan fingerprint density at radius 3 is 2.14 bits per heavy atom. The summed E-state index contributed by atoms with van der Waals surface area (Å²) in [5, 5.41) is 8.87. The fraction of sp³-hybridized carbons (Fsp3) is 0.875. The Labute approximate surface area is 85.9 Å². The second-order valence-electron chi connectivity index (χ2n) is 3.24. The van der Waals surface area contributed by atoms with Crippen molar-refractivity contribution in [2.75, 3.05) is 21.3 Å². The molecule has 0 saturated carbocycles. The van der Waals surface area contributed by atoms with Crippen LogP contribution in [0, 0.1) is 0 Å². The Morgan fingerprint density at radius 2 is 1.93 bits per heavy atom. The van der Waals surface area contributed by atoms with E-state index in [9.17, 15) is 4.79 Å². The summed E-state index contributed by atoms with van der Waals surface area (Å²) in [6.07, 6.45) is -0.266. The minimum Gasteiger partial charge on any atom is -0.465 e. The van der Waals surface area contributed by atoms with Crippen molar-refractivity contribution in [1.82, 2.24) is 4.90 Å². The van der Waals surface area contributed by atoms with Crippen molar-refractivity contribution < 1.29 is 18.8 Å². The van der Waals surface area contributed by atoms with Gasteiger partial charge in [-0.2, -0.15) is 0 Å². The quantitative estimate of drug-likeness (QED) is 0.710. The van der Waals surface area contributed by atoms with E-state index in [-0.39, 0.29) is 5.67 Å². The van der Waals surface area contributed by atoms with Crippen molar-refractivity contribution in [2.45, 2.75) is 25.6 Å². The van der Waals surface area contributed by atoms with Gasteiger partial charge < -0.3 is 18.9 Å². The molecule has 6 heteroatoms. The summed E-state index contributed by atoms with van der Waals surface area (Å²) >= 11 is 0. The van der Waals surface area contributed by atoms with Crippen molar-refractivity contribution in [1.29, 1.82) is 0 Å². The third-order valence-electron chi connectivity index (χ3n) is 2.57. The maximum atomic E-state index is 10.8. The molecule has 0 aromatic heterocycles. The Morgan fingerprint density at radius 1 is 1.50 bits per heavy atom. The molecule has 0 spiro atoms. The van der Waals surface area contributed by atoms with Crippen LogP contribution in [0.1, 0.15) is 13.3 Å². The molecule has 1 unspecified atom stereocenters. The zero-order valence-electron chi connectivity index (χ0n) is 9.40. The van der Waals surface area contributed by atoms with Crippen LogP contribution >= 0.6 is 0 Å². The van der Waals surface area contributed by atoms with Gasteiger partial charge in [-0.3, -0.25) is 0 Å². The van der Waals surface area contributed by atoms with Crippen molar-refractivity contribution in [3.63, 3.8) is 0 Å². The van der Waals surface area contributed by atoms with Gasteiger partial charge in [-0.1, -0.05) is 6.92 Å². The zero-order valence-corrected chi connectivity index (χ0v) is 10.4. The van der Waals surface area contributed by atoms with Crippen molar-refractivity contribution in [2.24, 2.45) is 0 Å². The van der Waals surface area contributed by atoms with Gasteiger partial charge in [0.2, 0.25) is 0 Å². The molecule has 0 fully saturated rings. The van der Waals surface area contributed by atoms with E-state index >= 15 is 0 Å². The molecule has 1 atom stereocenters. The molecule has 0 aromatic carbocycles. The maximum absolute atomic E-state index is 10.8. The van der Waals surface area contributed by atoms with Gasteiger partial charge in [0, 0.05) is 21.3 Å². The molecule has 0 aliphatic carbocycles. The molecule has 5 nitrogen and oxygen atoms in total. The van der Waals surface area contributed by atoms with E-state index in [4.69, 9.17) is 14.0 Å². The minimum atomic E-state index is -2.41. The summed E-state index contributed by atoms with van der Waals surface area (Å²) < 4.78 is 10.6. The lowest BCUT2D eigenvalue weighted by atomic mass is 10.4. The summed E-state index contributed by atoms with van der Waals surface area (Å²) in [7, 11) is 2.26. The largest absolute Gasteiger partial charge is 0.465 e. The molecule has 0 radical (unpaired) electrons. The average molecular weight is 221 g/mol. The van der Waals surface area contributed by atoms with E-state index in [0.29, 0.717) is 6.42 Å². The number of carboxylic acid groups (broad SMARTS) is 1. The van der Waals surface area contributed by atoms with E-state index in [0.717, 1.165) is 0 Å². The summed E-state index contributed by atoms with van der Waals surface area (Å²) in [6, 6.07) is 0. The van der Waals surface area contributed by atoms with Gasteiger partial charge in [-0.15, -0.1) is 0 Å². The predicted octanol–water partition coefficient (Wildman–Crippen LogP) is 1.28. The first-order valence-corrected chi connectivity index (χ1v) is 6.88. The summed E-state index contributed by atoms with van der Waals surface area (Å²) in [5.41, 5.74) is -0.185. The zero-order chi connectivity index (χ0) is 11.4. The fourth-order valence-electron chi connectivity index (χ4n) is 1.49. The Bertz CT molecular complexity index is 196. The topological polar surface area (TPSA) is 59.0 Å². The average Bonchev–Trinajstić information content (AvgIpc) is 2.18. The lowest BCUT2D eigenvalue weighted by Gasteiger charge is -2.35. The SMILES string of the molecule is CCC(N(C)C(=O)O)[Si](C)(OC)OC. The molecule has 0 aliphatic rings. The van der Waals surface area contributed by atoms with E-state index in [1.54, 1.807) is 21.3 Å². The highest BCUT2D eigenvalue weighted by Gasteiger charge is 2.42. The van der Waals surface area contributed by atoms with Crippen LogP contribution in [0.15, 0.2) is 0 Å². The number of hydrogen-bond donors (Lipinski definition) is 1. The molecule has 0 rings (SSSR count). The second kappa shape index (κ2) is 5.33. The van der Waals surface area contributed by atoms with Crippen molar-refractivity contribution in [3.05, 3.63) is 0 Å². The third-order valence-corrected chi connectivity index (χ3v) is 6.20. The third kappa shape index (κ3) is 2.70. The lowest BCUT2D eigenvalue weighted by molar-refractivity contribution is 0.131. The van der Waals surface area contributed by atoms with Gasteiger partial charge in [0.05, 0.1) is 5.67 Å². The van der Waals surface area contributed by atoms with Gasteiger partial charge in [0.1, 0.15) is 0 Å². The maximum Gasteiger partial charge on any atom is 0.407 e. The van der Waals surface area contributed by atoms with E-state index in [1.165, 1.54) is 4.90 Å². The van der Waals surface area contributed by atoms with Crippen LogP contribution in [-0.2, 0) is 8.85 Å². The van der Waals surface area contributed by atoms with Gasteiger partial charge in [-0.25, -0.2) is 4.79 Å². The van der Waals surface area contributed by atoms with Crippen LogP contribution in [-0.4, -0.2) is 51.6 Å². The molecule has 0 aliphatic heterocycles. The molecule has 1 N–H and O–H groups in total. The van der Waals surface area contributed by atoms with Gasteiger partial charge >= 0.3 is 14.7 Å². The van der Waals surface area contributed by atoms with Gasteiger partial charge in [-0.05, 0) is 13.0 Å². The first-order valence-electron chi connectivity index (χ1n) is 4.49. The number of rotatable bonds is 5. The number of carbonyl (C=O) groups is 1. The molecular weight excluding hydrogens is 202 g/mol. The van der Waals surface area contributed by atoms with Crippen LogP contribution in [0.3, 0.4) is 0 Å². The molecule has 84 valence electrons. The summed E-state index contributed by atoms with van der Waals surface area (Å²) in [4.78, 5) is 12.1. The molecular formula is C8H19NO4Si. The molecule has 0 bridgehead atoms. The first-order chi connectivity index (χ1) is 6.42. The smallest absolute Gasteiger partial charge is 0.407 e. The minimum absolute atomic E-state index is 0.185. The molecule has 0 saturated heterocycles. The van der Waals surface area contributed by atoms with Crippen LogP contribution in [0.25, 0.3) is 0 Å². The second-order valence-corrected chi connectivity index (χ2v) is 6.76. The number of amides is 1. The lowest BCUT2D eigenvalue weighted by Crippen LogP contribution is -2.57. The van der Waals surface area contributed by atoms with Crippen LogP contribution in [0.5, 0.6) is 0 Å². The van der Waals surface area contributed by atoms with E-state index < -0.39 is 14.7 Å². The fourth-order valence-corrected chi connectivity index (χ4v) is 3.75. The Kier molecular flexibility index (Phi) is 5.10. The number of nitrogens with zero attached hydrogens (tertiary/aromatic N) is 1. The molecule has 1 amide bonds. The van der Waals surface area contributed by atoms with Crippen molar-refractivity contribution >= 4 is 14.7 Å². The monoisotopic (exact) mass is 221 g/mol. The highest BCUT2D eigenvalue weighted by molar-refractivity contribution is 6.67. The predicted molar refractivity (Wildman–Crippen MR) is 55.5 cm³/mol. The summed E-state index contributed by atoms with van der Waals surface area (Å²) in [5.74, 6) is 0.